The summed E-state index contributed by atoms with van der Waals surface area (Å²) in [5, 5.41) is 12.6. The minimum absolute atomic E-state index is 0.0750. The zero-order chi connectivity index (χ0) is 13.8. The quantitative estimate of drug-likeness (QED) is 0.896. The lowest BCUT2D eigenvalue weighted by Crippen LogP contribution is -2.36. The van der Waals surface area contributed by atoms with E-state index >= 15 is 0 Å². The molecule has 4 nitrogen and oxygen atoms in total. The fraction of sp³-hybridized carbons (Fsp3) is 0.500. The van der Waals surface area contributed by atoms with Gasteiger partial charge in [0.05, 0.1) is 6.10 Å². The molecule has 1 aromatic carbocycles. The van der Waals surface area contributed by atoms with Crippen LogP contribution in [0.15, 0.2) is 22.7 Å². The van der Waals surface area contributed by atoms with Gasteiger partial charge in [0.15, 0.2) is 6.10 Å². The van der Waals surface area contributed by atoms with Gasteiger partial charge in [-0.2, -0.15) is 0 Å². The maximum Gasteiger partial charge on any atom is 0.261 e. The Labute approximate surface area is 121 Å². The van der Waals surface area contributed by atoms with Crippen molar-refractivity contribution in [2.24, 2.45) is 0 Å². The molecule has 104 valence electrons. The molecule has 1 aliphatic heterocycles. The number of benzene rings is 1. The summed E-state index contributed by atoms with van der Waals surface area (Å²) >= 11 is 3.38. The van der Waals surface area contributed by atoms with Gasteiger partial charge < -0.3 is 15.2 Å². The first-order chi connectivity index (χ1) is 9.08. The number of carbonyl (C=O) groups excluding carboxylic acids is 1. The molecule has 1 heterocycles. The van der Waals surface area contributed by atoms with E-state index in [9.17, 15) is 9.90 Å². The third-order valence-electron chi connectivity index (χ3n) is 3.18. The van der Waals surface area contributed by atoms with Gasteiger partial charge in [-0.15, -0.1) is 0 Å². The van der Waals surface area contributed by atoms with E-state index < -0.39 is 12.2 Å². The SMILES string of the molecule is C[C@H](O)c1ccc(Br)cc1OC1CCCCNC1=O. The number of aliphatic hydroxyl groups excluding tert-OH is 1. The number of ether oxygens (including phenoxy) is 1. The summed E-state index contributed by atoms with van der Waals surface area (Å²) in [6, 6.07) is 5.45. The van der Waals surface area contributed by atoms with Gasteiger partial charge in [0.2, 0.25) is 0 Å². The first-order valence-electron chi connectivity index (χ1n) is 6.50. The second-order valence-corrected chi connectivity index (χ2v) is 5.67. The van der Waals surface area contributed by atoms with E-state index in [0.717, 1.165) is 17.3 Å². The molecule has 1 saturated heterocycles. The predicted octanol–water partition coefficient (Wildman–Crippen LogP) is 2.55. The van der Waals surface area contributed by atoms with E-state index in [1.54, 1.807) is 19.1 Å². The van der Waals surface area contributed by atoms with Crippen LogP contribution in [0, 0.1) is 0 Å². The predicted molar refractivity (Wildman–Crippen MR) is 76.1 cm³/mol. The number of nitrogens with one attached hydrogen (secondary N) is 1. The topological polar surface area (TPSA) is 58.6 Å². The monoisotopic (exact) mass is 327 g/mol. The summed E-state index contributed by atoms with van der Waals surface area (Å²) in [6.45, 7) is 2.39. The van der Waals surface area contributed by atoms with Crippen LogP contribution in [0.5, 0.6) is 5.75 Å². The highest BCUT2D eigenvalue weighted by atomic mass is 79.9. The van der Waals surface area contributed by atoms with Gasteiger partial charge in [0, 0.05) is 16.6 Å². The number of aliphatic hydroxyl groups is 1. The second-order valence-electron chi connectivity index (χ2n) is 4.75. The van der Waals surface area contributed by atoms with Crippen LogP contribution in [-0.4, -0.2) is 23.7 Å². The van der Waals surface area contributed by atoms with E-state index in [1.807, 2.05) is 6.07 Å². The van der Waals surface area contributed by atoms with Crippen molar-refractivity contribution in [2.75, 3.05) is 6.54 Å². The maximum absolute atomic E-state index is 11.9. The van der Waals surface area contributed by atoms with Crippen molar-refractivity contribution in [3.05, 3.63) is 28.2 Å². The van der Waals surface area contributed by atoms with Crippen LogP contribution in [0.3, 0.4) is 0 Å². The summed E-state index contributed by atoms with van der Waals surface area (Å²) < 4.78 is 6.68. The number of amides is 1. The molecule has 2 N–H and O–H groups in total. The van der Waals surface area contributed by atoms with E-state index in [-0.39, 0.29) is 5.91 Å². The van der Waals surface area contributed by atoms with Crippen molar-refractivity contribution in [1.29, 1.82) is 0 Å². The van der Waals surface area contributed by atoms with Crippen LogP contribution in [-0.2, 0) is 4.79 Å². The normalized spacial score (nSPS) is 21.4. The van der Waals surface area contributed by atoms with Gasteiger partial charge in [-0.3, -0.25) is 4.79 Å². The molecular formula is C14H18BrNO3. The number of carbonyl (C=O) groups is 1. The lowest BCUT2D eigenvalue weighted by molar-refractivity contribution is -0.127. The molecule has 0 aliphatic carbocycles. The van der Waals surface area contributed by atoms with Gasteiger partial charge in [0.1, 0.15) is 5.75 Å². The van der Waals surface area contributed by atoms with E-state index in [0.29, 0.717) is 24.3 Å². The minimum Gasteiger partial charge on any atom is -0.480 e. The first-order valence-corrected chi connectivity index (χ1v) is 7.29. The van der Waals surface area contributed by atoms with Gasteiger partial charge in [-0.05, 0) is 38.3 Å². The minimum atomic E-state index is -0.628. The molecule has 0 bridgehead atoms. The molecule has 0 saturated carbocycles. The molecule has 1 fully saturated rings. The molecule has 2 atom stereocenters. The molecule has 0 spiro atoms. The van der Waals surface area contributed by atoms with Gasteiger partial charge in [0.25, 0.3) is 5.91 Å². The van der Waals surface area contributed by atoms with Gasteiger partial charge in [-0.1, -0.05) is 22.0 Å². The molecule has 1 unspecified atom stereocenters. The number of hydrogen-bond acceptors (Lipinski definition) is 3. The molecule has 5 heteroatoms. The molecule has 0 radical (unpaired) electrons. The summed E-state index contributed by atoms with van der Waals surface area (Å²) in [6.07, 6.45) is 1.54. The molecule has 1 amide bonds. The highest BCUT2D eigenvalue weighted by molar-refractivity contribution is 9.10. The molecular weight excluding hydrogens is 310 g/mol. The summed E-state index contributed by atoms with van der Waals surface area (Å²) in [5.74, 6) is 0.487. The third-order valence-corrected chi connectivity index (χ3v) is 3.67. The van der Waals surface area contributed by atoms with Crippen molar-refractivity contribution in [2.45, 2.75) is 38.4 Å². The fourth-order valence-electron chi connectivity index (χ4n) is 2.13. The Bertz CT molecular complexity index is 462. The first kappa shape index (κ1) is 14.3. The summed E-state index contributed by atoms with van der Waals surface area (Å²) in [5.41, 5.74) is 0.695. The Morgan fingerprint density at radius 2 is 2.26 bits per heavy atom. The average molecular weight is 328 g/mol. The Balaban J connectivity index is 2.21. The third kappa shape index (κ3) is 3.70. The number of rotatable bonds is 3. The standard InChI is InChI=1S/C14H18BrNO3/c1-9(17)11-6-5-10(15)8-13(11)19-12-4-2-3-7-16-14(12)18/h5-6,8-9,12,17H,2-4,7H2,1H3,(H,16,18)/t9-,12?/m0/s1. The lowest BCUT2D eigenvalue weighted by atomic mass is 10.1. The zero-order valence-electron chi connectivity index (χ0n) is 10.9. The number of halogens is 1. The van der Waals surface area contributed by atoms with Crippen LogP contribution in [0.1, 0.15) is 37.9 Å². The summed E-state index contributed by atoms with van der Waals surface area (Å²) in [7, 11) is 0. The highest BCUT2D eigenvalue weighted by Gasteiger charge is 2.24. The lowest BCUT2D eigenvalue weighted by Gasteiger charge is -2.19. The zero-order valence-corrected chi connectivity index (χ0v) is 12.4. The second kappa shape index (κ2) is 6.39. The Morgan fingerprint density at radius 3 is 3.00 bits per heavy atom. The van der Waals surface area contributed by atoms with Crippen LogP contribution in [0.25, 0.3) is 0 Å². The highest BCUT2D eigenvalue weighted by Crippen LogP contribution is 2.30. The van der Waals surface area contributed by atoms with Crippen LogP contribution in [0.2, 0.25) is 0 Å². The molecule has 1 aromatic rings. The van der Waals surface area contributed by atoms with Gasteiger partial charge >= 0.3 is 0 Å². The van der Waals surface area contributed by atoms with Crippen molar-refractivity contribution in [1.82, 2.24) is 5.32 Å². The molecule has 1 aliphatic rings. The Morgan fingerprint density at radius 1 is 1.47 bits per heavy atom. The van der Waals surface area contributed by atoms with Gasteiger partial charge in [-0.25, -0.2) is 0 Å². The van der Waals surface area contributed by atoms with Crippen molar-refractivity contribution < 1.29 is 14.6 Å². The van der Waals surface area contributed by atoms with Crippen molar-refractivity contribution in [3.8, 4) is 5.75 Å². The molecule has 2 rings (SSSR count). The van der Waals surface area contributed by atoms with Crippen molar-refractivity contribution >= 4 is 21.8 Å². The van der Waals surface area contributed by atoms with Crippen LogP contribution < -0.4 is 10.1 Å². The number of hydrogen-bond donors (Lipinski definition) is 2. The van der Waals surface area contributed by atoms with E-state index in [4.69, 9.17) is 4.74 Å². The Kier molecular flexibility index (Phi) is 4.82. The maximum atomic E-state index is 11.9. The van der Waals surface area contributed by atoms with E-state index in [2.05, 4.69) is 21.2 Å². The Hall–Kier alpha value is -1.07. The van der Waals surface area contributed by atoms with Crippen LogP contribution in [0.4, 0.5) is 0 Å². The fourth-order valence-corrected chi connectivity index (χ4v) is 2.47. The summed E-state index contributed by atoms with van der Waals surface area (Å²) in [4.78, 5) is 11.9. The van der Waals surface area contributed by atoms with Crippen LogP contribution >= 0.6 is 15.9 Å². The average Bonchev–Trinajstić information content (AvgIpc) is 2.55. The molecule has 19 heavy (non-hydrogen) atoms. The smallest absolute Gasteiger partial charge is 0.261 e. The largest absolute Gasteiger partial charge is 0.480 e. The van der Waals surface area contributed by atoms with E-state index in [1.165, 1.54) is 0 Å². The molecule has 0 aromatic heterocycles. The van der Waals surface area contributed by atoms with Crippen molar-refractivity contribution in [3.63, 3.8) is 0 Å².